The number of nitrogens with zero attached hydrogens (tertiary/aromatic N) is 2. The first kappa shape index (κ1) is 9.41. The molecule has 3 heteroatoms. The maximum Gasteiger partial charge on any atom is 0.0823 e. The number of benzene rings is 1. The van der Waals surface area contributed by atoms with Gasteiger partial charge >= 0.3 is 0 Å². The monoisotopic (exact) mass is 211 g/mol. The fraction of sp³-hybridized carbons (Fsp3) is 0.385. The Kier molecular flexibility index (Phi) is 1.97. The smallest absolute Gasteiger partial charge is 0.0823 e. The van der Waals surface area contributed by atoms with E-state index in [1.54, 1.807) is 0 Å². The van der Waals surface area contributed by atoms with Gasteiger partial charge in [-0.25, -0.2) is 0 Å². The van der Waals surface area contributed by atoms with Crippen molar-refractivity contribution >= 4 is 10.9 Å². The molecule has 0 unspecified atom stereocenters. The molecule has 1 heterocycles. The Hall–Kier alpha value is -1.82. The van der Waals surface area contributed by atoms with Crippen LogP contribution in [-0.2, 0) is 5.41 Å². The summed E-state index contributed by atoms with van der Waals surface area (Å²) in [6.07, 6.45) is 6.11. The zero-order valence-corrected chi connectivity index (χ0v) is 9.03. The summed E-state index contributed by atoms with van der Waals surface area (Å²) < 4.78 is 0. The van der Waals surface area contributed by atoms with Crippen molar-refractivity contribution in [3.05, 3.63) is 30.0 Å². The molecule has 0 bridgehead atoms. The van der Waals surface area contributed by atoms with Crippen molar-refractivity contribution in [3.8, 4) is 6.07 Å². The molecular formula is C13H13N3. The van der Waals surface area contributed by atoms with Gasteiger partial charge in [0, 0.05) is 5.39 Å². The van der Waals surface area contributed by atoms with Crippen LogP contribution in [0.15, 0.2) is 24.4 Å². The van der Waals surface area contributed by atoms with Crippen LogP contribution in [0.4, 0.5) is 0 Å². The first-order valence-electron chi connectivity index (χ1n) is 5.69. The Balaban J connectivity index is 2.14. The first-order chi connectivity index (χ1) is 7.84. The molecule has 0 saturated heterocycles. The number of hydrogen-bond donors (Lipinski definition) is 1. The number of nitriles is 1. The third-order valence-corrected chi connectivity index (χ3v) is 3.67. The molecule has 80 valence electrons. The van der Waals surface area contributed by atoms with Crippen molar-refractivity contribution in [2.24, 2.45) is 0 Å². The quantitative estimate of drug-likeness (QED) is 0.788. The molecule has 3 nitrogen and oxygen atoms in total. The van der Waals surface area contributed by atoms with Crippen LogP contribution < -0.4 is 0 Å². The maximum absolute atomic E-state index is 9.42. The maximum atomic E-state index is 9.42. The minimum Gasteiger partial charge on any atom is -0.278 e. The molecule has 0 spiro atoms. The highest BCUT2D eigenvalue weighted by Crippen LogP contribution is 2.41. The van der Waals surface area contributed by atoms with Gasteiger partial charge in [0.1, 0.15) is 0 Å². The lowest BCUT2D eigenvalue weighted by Gasteiger charge is -2.20. The summed E-state index contributed by atoms with van der Waals surface area (Å²) in [7, 11) is 0. The van der Waals surface area contributed by atoms with Crippen molar-refractivity contribution in [1.82, 2.24) is 10.2 Å². The van der Waals surface area contributed by atoms with Gasteiger partial charge in [-0.1, -0.05) is 25.0 Å². The summed E-state index contributed by atoms with van der Waals surface area (Å²) in [6.45, 7) is 0. The third kappa shape index (κ3) is 1.23. The van der Waals surface area contributed by atoms with Crippen molar-refractivity contribution in [2.45, 2.75) is 31.1 Å². The highest BCUT2D eigenvalue weighted by molar-refractivity contribution is 5.79. The van der Waals surface area contributed by atoms with Gasteiger partial charge in [0.15, 0.2) is 0 Å². The minimum atomic E-state index is -0.251. The Morgan fingerprint density at radius 1 is 1.31 bits per heavy atom. The van der Waals surface area contributed by atoms with E-state index in [4.69, 9.17) is 0 Å². The van der Waals surface area contributed by atoms with Crippen LogP contribution in [0.25, 0.3) is 10.9 Å². The molecule has 1 fully saturated rings. The van der Waals surface area contributed by atoms with E-state index < -0.39 is 0 Å². The van der Waals surface area contributed by atoms with Crippen LogP contribution in [0.2, 0.25) is 0 Å². The summed E-state index contributed by atoms with van der Waals surface area (Å²) >= 11 is 0. The van der Waals surface area contributed by atoms with Gasteiger partial charge in [0.05, 0.1) is 23.2 Å². The summed E-state index contributed by atoms with van der Waals surface area (Å²) in [5.74, 6) is 0. The van der Waals surface area contributed by atoms with E-state index in [0.29, 0.717) is 0 Å². The lowest BCUT2D eigenvalue weighted by atomic mass is 9.80. The van der Waals surface area contributed by atoms with E-state index in [2.05, 4.69) is 28.4 Å². The van der Waals surface area contributed by atoms with Crippen LogP contribution in [0.1, 0.15) is 31.2 Å². The Bertz CT molecular complexity index is 556. The van der Waals surface area contributed by atoms with Crippen LogP contribution in [0.5, 0.6) is 0 Å². The van der Waals surface area contributed by atoms with Gasteiger partial charge in [-0.05, 0) is 24.5 Å². The summed E-state index contributed by atoms with van der Waals surface area (Å²) in [5, 5.41) is 17.5. The highest BCUT2D eigenvalue weighted by atomic mass is 15.1. The average Bonchev–Trinajstić information content (AvgIpc) is 2.97. The zero-order chi connectivity index (χ0) is 11.0. The molecule has 0 radical (unpaired) electrons. The van der Waals surface area contributed by atoms with Crippen LogP contribution in [0.3, 0.4) is 0 Å². The molecule has 2 aromatic rings. The summed E-state index contributed by atoms with van der Waals surface area (Å²) in [4.78, 5) is 0. The molecule has 1 aliphatic carbocycles. The van der Waals surface area contributed by atoms with Crippen LogP contribution in [-0.4, -0.2) is 10.2 Å². The number of H-pyrrole nitrogens is 1. The second-order valence-electron chi connectivity index (χ2n) is 4.57. The molecule has 1 saturated carbocycles. The lowest BCUT2D eigenvalue weighted by Crippen LogP contribution is -2.18. The SMILES string of the molecule is N#CC1(c2ccc3cn[nH]c3c2)CCCC1. The number of aromatic amines is 1. The molecule has 1 aromatic carbocycles. The number of nitrogens with one attached hydrogen (secondary N) is 1. The second-order valence-corrected chi connectivity index (χ2v) is 4.57. The zero-order valence-electron chi connectivity index (χ0n) is 9.03. The number of aromatic nitrogens is 2. The molecule has 1 N–H and O–H groups in total. The van der Waals surface area contributed by atoms with Crippen molar-refractivity contribution in [3.63, 3.8) is 0 Å². The van der Waals surface area contributed by atoms with Gasteiger partial charge in [0.25, 0.3) is 0 Å². The Labute approximate surface area is 94.1 Å². The average molecular weight is 211 g/mol. The van der Waals surface area contributed by atoms with Crippen molar-refractivity contribution in [2.75, 3.05) is 0 Å². The second kappa shape index (κ2) is 3.34. The fourth-order valence-corrected chi connectivity index (χ4v) is 2.68. The van der Waals surface area contributed by atoms with E-state index in [9.17, 15) is 5.26 Å². The summed E-state index contributed by atoms with van der Waals surface area (Å²) in [6, 6.07) is 8.72. The van der Waals surface area contributed by atoms with E-state index in [1.807, 2.05) is 12.3 Å². The van der Waals surface area contributed by atoms with Crippen LogP contribution in [0, 0.1) is 11.3 Å². The number of hydrogen-bond acceptors (Lipinski definition) is 2. The van der Waals surface area contributed by atoms with Gasteiger partial charge in [0.2, 0.25) is 0 Å². The Morgan fingerprint density at radius 3 is 2.88 bits per heavy atom. The molecule has 1 aliphatic rings. The lowest BCUT2D eigenvalue weighted by molar-refractivity contribution is 0.573. The topological polar surface area (TPSA) is 52.5 Å². The molecule has 3 rings (SSSR count). The Morgan fingerprint density at radius 2 is 2.12 bits per heavy atom. The van der Waals surface area contributed by atoms with Crippen molar-refractivity contribution < 1.29 is 0 Å². The third-order valence-electron chi connectivity index (χ3n) is 3.67. The minimum absolute atomic E-state index is 0.251. The largest absolute Gasteiger partial charge is 0.278 e. The predicted octanol–water partition coefficient (Wildman–Crippen LogP) is 2.90. The van der Waals surface area contributed by atoms with E-state index in [0.717, 1.165) is 42.1 Å². The van der Waals surface area contributed by atoms with Crippen molar-refractivity contribution in [1.29, 1.82) is 5.26 Å². The number of rotatable bonds is 1. The van der Waals surface area contributed by atoms with E-state index in [-0.39, 0.29) is 5.41 Å². The van der Waals surface area contributed by atoms with Gasteiger partial charge in [-0.15, -0.1) is 0 Å². The normalized spacial score (nSPS) is 18.7. The standard InChI is InChI=1S/C13H13N3/c14-9-13(5-1-2-6-13)11-4-3-10-8-15-16-12(10)7-11/h3-4,7-8H,1-2,5-6H2,(H,15,16). The summed E-state index contributed by atoms with van der Waals surface area (Å²) in [5.41, 5.74) is 1.92. The number of fused-ring (bicyclic) bond motifs is 1. The van der Waals surface area contributed by atoms with E-state index >= 15 is 0 Å². The molecule has 0 atom stereocenters. The van der Waals surface area contributed by atoms with Gasteiger partial charge < -0.3 is 0 Å². The molecule has 0 aliphatic heterocycles. The highest BCUT2D eigenvalue weighted by Gasteiger charge is 2.35. The molecular weight excluding hydrogens is 198 g/mol. The van der Waals surface area contributed by atoms with E-state index in [1.165, 1.54) is 0 Å². The van der Waals surface area contributed by atoms with Crippen LogP contribution >= 0.6 is 0 Å². The fourth-order valence-electron chi connectivity index (χ4n) is 2.68. The molecule has 1 aromatic heterocycles. The predicted molar refractivity (Wildman–Crippen MR) is 61.9 cm³/mol. The van der Waals surface area contributed by atoms with Gasteiger partial charge in [-0.2, -0.15) is 10.4 Å². The first-order valence-corrected chi connectivity index (χ1v) is 5.69. The van der Waals surface area contributed by atoms with Gasteiger partial charge in [-0.3, -0.25) is 5.10 Å². The molecule has 16 heavy (non-hydrogen) atoms. The molecule has 0 amide bonds.